The first-order valence-electron chi connectivity index (χ1n) is 11.9. The molecule has 0 heterocycles. The van der Waals surface area contributed by atoms with Gasteiger partial charge in [0, 0.05) is 18.2 Å². The molecule has 0 fully saturated rings. The number of halogens is 1. The molecule has 0 aliphatic carbocycles. The van der Waals surface area contributed by atoms with Crippen molar-refractivity contribution in [1.29, 1.82) is 0 Å². The van der Waals surface area contributed by atoms with Crippen LogP contribution in [-0.2, 0) is 16.7 Å². The Bertz CT molecular complexity index is 1510. The zero-order valence-electron chi connectivity index (χ0n) is 20.8. The lowest BCUT2D eigenvalue weighted by Gasteiger charge is -2.29. The average Bonchev–Trinajstić information content (AvgIpc) is 2.90. The normalized spacial score (nSPS) is 12.2. The number of hydrogen-bond acceptors (Lipinski definition) is 5. The third-order valence-electron chi connectivity index (χ3n) is 6.29. The summed E-state index contributed by atoms with van der Waals surface area (Å²) in [6.07, 6.45) is 0.731. The summed E-state index contributed by atoms with van der Waals surface area (Å²) in [5.41, 5.74) is 1.27. The van der Waals surface area contributed by atoms with Crippen LogP contribution in [0.3, 0.4) is 0 Å². The minimum absolute atomic E-state index is 0.0222. The highest BCUT2D eigenvalue weighted by molar-refractivity contribution is 7.87. The molecule has 0 spiro atoms. The highest BCUT2D eigenvalue weighted by Crippen LogP contribution is 2.32. The molecule has 0 aliphatic heterocycles. The Balaban J connectivity index is 1.67. The van der Waals surface area contributed by atoms with Gasteiger partial charge in [-0.3, -0.25) is 4.79 Å². The van der Waals surface area contributed by atoms with E-state index in [2.05, 4.69) is 0 Å². The highest BCUT2D eigenvalue weighted by atomic mass is 32.2. The highest BCUT2D eigenvalue weighted by Gasteiger charge is 2.24. The van der Waals surface area contributed by atoms with Gasteiger partial charge in [-0.2, -0.15) is 8.42 Å². The van der Waals surface area contributed by atoms with Gasteiger partial charge in [-0.15, -0.1) is 0 Å². The van der Waals surface area contributed by atoms with Gasteiger partial charge in [0.1, 0.15) is 10.7 Å². The Kier molecular flexibility index (Phi) is 7.78. The standard InChI is InChI=1S/C29H28FNO5S/c1-4-20(2)31(29(32)26-11-7-9-22-8-5-6-10-25(22)26)19-21-12-17-27(35-3)28(18-21)36-37(33,34)24-15-13-23(30)14-16-24/h5-18,20H,4,19H2,1-3H3/t20-/m0/s1. The summed E-state index contributed by atoms with van der Waals surface area (Å²) in [6.45, 7) is 4.21. The van der Waals surface area contributed by atoms with E-state index < -0.39 is 15.9 Å². The Labute approximate surface area is 216 Å². The lowest BCUT2D eigenvalue weighted by molar-refractivity contribution is 0.0673. The van der Waals surface area contributed by atoms with E-state index in [1.54, 1.807) is 23.1 Å². The lowest BCUT2D eigenvalue weighted by atomic mass is 10.0. The molecule has 192 valence electrons. The van der Waals surface area contributed by atoms with E-state index in [4.69, 9.17) is 8.92 Å². The van der Waals surface area contributed by atoms with Crippen LogP contribution in [0, 0.1) is 5.82 Å². The average molecular weight is 522 g/mol. The molecule has 37 heavy (non-hydrogen) atoms. The van der Waals surface area contributed by atoms with Crippen molar-refractivity contribution in [2.75, 3.05) is 7.11 Å². The Morgan fingerprint density at radius 2 is 1.65 bits per heavy atom. The van der Waals surface area contributed by atoms with Crippen LogP contribution in [0.5, 0.6) is 11.5 Å². The van der Waals surface area contributed by atoms with Gasteiger partial charge in [-0.25, -0.2) is 4.39 Å². The fraction of sp³-hybridized carbons (Fsp3) is 0.207. The van der Waals surface area contributed by atoms with Gasteiger partial charge in [-0.1, -0.05) is 49.4 Å². The summed E-state index contributed by atoms with van der Waals surface area (Å²) in [5.74, 6) is -0.487. The molecule has 0 saturated carbocycles. The number of ether oxygens (including phenoxy) is 1. The third-order valence-corrected chi connectivity index (χ3v) is 7.54. The number of carbonyl (C=O) groups excluding carboxylic acids is 1. The van der Waals surface area contributed by atoms with Crippen LogP contribution in [0.25, 0.3) is 10.8 Å². The fourth-order valence-corrected chi connectivity index (χ4v) is 5.00. The van der Waals surface area contributed by atoms with Gasteiger partial charge >= 0.3 is 10.1 Å². The molecule has 4 aromatic rings. The zero-order valence-corrected chi connectivity index (χ0v) is 21.7. The van der Waals surface area contributed by atoms with Crippen molar-refractivity contribution in [3.05, 3.63) is 102 Å². The molecule has 1 atom stereocenters. The van der Waals surface area contributed by atoms with E-state index in [0.29, 0.717) is 11.1 Å². The molecular formula is C29H28FNO5S. The zero-order chi connectivity index (χ0) is 26.6. The van der Waals surface area contributed by atoms with Gasteiger partial charge in [0.05, 0.1) is 7.11 Å². The van der Waals surface area contributed by atoms with Crippen molar-refractivity contribution in [1.82, 2.24) is 4.90 Å². The van der Waals surface area contributed by atoms with Crippen molar-refractivity contribution < 1.29 is 26.5 Å². The number of carbonyl (C=O) groups is 1. The van der Waals surface area contributed by atoms with E-state index in [1.165, 1.54) is 7.11 Å². The monoisotopic (exact) mass is 521 g/mol. The predicted molar refractivity (Wildman–Crippen MR) is 141 cm³/mol. The maximum absolute atomic E-state index is 13.8. The molecule has 0 aliphatic rings. The number of amides is 1. The number of hydrogen-bond donors (Lipinski definition) is 0. The van der Waals surface area contributed by atoms with E-state index in [9.17, 15) is 17.6 Å². The van der Waals surface area contributed by atoms with Crippen LogP contribution >= 0.6 is 0 Å². The topological polar surface area (TPSA) is 72.9 Å². The van der Waals surface area contributed by atoms with Crippen molar-refractivity contribution in [3.63, 3.8) is 0 Å². The maximum Gasteiger partial charge on any atom is 0.339 e. The quantitative estimate of drug-likeness (QED) is 0.245. The summed E-state index contributed by atoms with van der Waals surface area (Å²) in [4.78, 5) is 15.3. The first-order valence-corrected chi connectivity index (χ1v) is 13.3. The van der Waals surface area contributed by atoms with E-state index >= 15 is 0 Å². The minimum atomic E-state index is -4.24. The number of methoxy groups -OCH3 is 1. The maximum atomic E-state index is 13.8. The second-order valence-electron chi connectivity index (χ2n) is 8.69. The summed E-state index contributed by atoms with van der Waals surface area (Å²) in [5, 5.41) is 1.84. The molecule has 8 heteroatoms. The number of benzene rings is 4. The van der Waals surface area contributed by atoms with Crippen molar-refractivity contribution in [2.24, 2.45) is 0 Å². The lowest BCUT2D eigenvalue weighted by Crippen LogP contribution is -2.37. The number of rotatable bonds is 9. The van der Waals surface area contributed by atoms with Gasteiger partial charge in [0.25, 0.3) is 5.91 Å². The van der Waals surface area contributed by atoms with Crippen LogP contribution in [0.15, 0.2) is 89.8 Å². The van der Waals surface area contributed by atoms with Crippen LogP contribution in [0.4, 0.5) is 4.39 Å². The second-order valence-corrected chi connectivity index (χ2v) is 10.2. The summed E-state index contributed by atoms with van der Waals surface area (Å²) >= 11 is 0. The molecular weight excluding hydrogens is 493 g/mol. The molecule has 0 N–H and O–H groups in total. The first kappa shape index (κ1) is 26.2. The van der Waals surface area contributed by atoms with Crippen LogP contribution in [0.2, 0.25) is 0 Å². The molecule has 4 aromatic carbocycles. The Hall–Kier alpha value is -3.91. The summed E-state index contributed by atoms with van der Waals surface area (Å²) in [7, 11) is -2.84. The predicted octanol–water partition coefficient (Wildman–Crippen LogP) is 6.20. The molecule has 0 aromatic heterocycles. The summed E-state index contributed by atoms with van der Waals surface area (Å²) in [6, 6.07) is 22.6. The third kappa shape index (κ3) is 5.75. The Morgan fingerprint density at radius 3 is 2.35 bits per heavy atom. The number of nitrogens with zero attached hydrogens (tertiary/aromatic N) is 1. The Morgan fingerprint density at radius 1 is 0.946 bits per heavy atom. The number of fused-ring (bicyclic) bond motifs is 1. The smallest absolute Gasteiger partial charge is 0.339 e. The molecule has 0 saturated heterocycles. The van der Waals surface area contributed by atoms with Gasteiger partial charge in [0.2, 0.25) is 0 Å². The van der Waals surface area contributed by atoms with Crippen LogP contribution in [-0.4, -0.2) is 32.4 Å². The van der Waals surface area contributed by atoms with Crippen molar-refractivity contribution in [3.8, 4) is 11.5 Å². The largest absolute Gasteiger partial charge is 0.493 e. The molecule has 0 radical (unpaired) electrons. The molecule has 0 unspecified atom stereocenters. The SMILES string of the molecule is CC[C@H](C)N(Cc1ccc(OC)c(OS(=O)(=O)c2ccc(F)cc2)c1)C(=O)c1cccc2ccccc12. The molecule has 4 rings (SSSR count). The van der Waals surface area contributed by atoms with Gasteiger partial charge < -0.3 is 13.8 Å². The molecule has 0 bridgehead atoms. The molecule has 1 amide bonds. The van der Waals surface area contributed by atoms with Crippen molar-refractivity contribution >= 4 is 26.8 Å². The molecule has 6 nitrogen and oxygen atoms in total. The first-order chi connectivity index (χ1) is 17.7. The van der Waals surface area contributed by atoms with Crippen LogP contribution in [0.1, 0.15) is 36.2 Å². The van der Waals surface area contributed by atoms with Gasteiger partial charge in [0.15, 0.2) is 11.5 Å². The van der Waals surface area contributed by atoms with E-state index in [0.717, 1.165) is 41.5 Å². The van der Waals surface area contributed by atoms with Gasteiger partial charge in [-0.05, 0) is 72.1 Å². The van der Waals surface area contributed by atoms with E-state index in [1.807, 2.05) is 56.3 Å². The van der Waals surface area contributed by atoms with Crippen LogP contribution < -0.4 is 8.92 Å². The summed E-state index contributed by atoms with van der Waals surface area (Å²) < 4.78 is 49.6. The fourth-order valence-electron chi connectivity index (χ4n) is 4.06. The minimum Gasteiger partial charge on any atom is -0.493 e. The second kappa shape index (κ2) is 11.0. The van der Waals surface area contributed by atoms with Crippen molar-refractivity contribution in [2.45, 2.75) is 37.8 Å². The van der Waals surface area contributed by atoms with E-state index in [-0.39, 0.29) is 34.9 Å².